The maximum absolute atomic E-state index is 5.61. The van der Waals surface area contributed by atoms with Crippen LogP contribution in [0.25, 0.3) is 0 Å². The Labute approximate surface area is 86.4 Å². The molecular formula is C12H19NO. The summed E-state index contributed by atoms with van der Waals surface area (Å²) in [6.45, 7) is 3.16. The molecule has 2 fully saturated rings. The molecule has 2 heteroatoms. The average molecular weight is 193 g/mol. The number of hydrogen-bond acceptors (Lipinski definition) is 2. The molecule has 0 amide bonds. The summed E-state index contributed by atoms with van der Waals surface area (Å²) in [6.07, 6.45) is 10.7. The fraction of sp³-hybridized carbons (Fsp3) is 0.833. The molecular weight excluding hydrogens is 174 g/mol. The normalized spacial score (nSPS) is 38.7. The second-order valence-electron chi connectivity index (χ2n) is 4.52. The molecule has 0 aromatic carbocycles. The van der Waals surface area contributed by atoms with Crippen molar-refractivity contribution in [2.24, 2.45) is 5.92 Å². The summed E-state index contributed by atoms with van der Waals surface area (Å²) in [7, 11) is 0. The van der Waals surface area contributed by atoms with Crippen molar-refractivity contribution < 1.29 is 4.74 Å². The smallest absolute Gasteiger partial charge is 0.0954 e. The molecule has 1 N–H and O–H groups in total. The van der Waals surface area contributed by atoms with Gasteiger partial charge >= 0.3 is 0 Å². The van der Waals surface area contributed by atoms with E-state index in [1.165, 1.54) is 12.8 Å². The van der Waals surface area contributed by atoms with E-state index in [0.29, 0.717) is 6.04 Å². The minimum Gasteiger partial charge on any atom is -0.376 e. The van der Waals surface area contributed by atoms with E-state index in [9.17, 15) is 0 Å². The molecule has 1 aliphatic carbocycles. The lowest BCUT2D eigenvalue weighted by atomic mass is 9.80. The van der Waals surface area contributed by atoms with Gasteiger partial charge in [0.15, 0.2) is 0 Å². The first kappa shape index (κ1) is 10.0. The van der Waals surface area contributed by atoms with Crippen molar-refractivity contribution in [3.63, 3.8) is 0 Å². The molecule has 0 radical (unpaired) electrons. The lowest BCUT2D eigenvalue weighted by Gasteiger charge is -2.37. The molecule has 0 spiro atoms. The summed E-state index contributed by atoms with van der Waals surface area (Å²) in [5, 5.41) is 3.53. The molecule has 14 heavy (non-hydrogen) atoms. The highest BCUT2D eigenvalue weighted by Gasteiger charge is 2.32. The zero-order valence-corrected chi connectivity index (χ0v) is 8.83. The third kappa shape index (κ3) is 1.94. The van der Waals surface area contributed by atoms with E-state index >= 15 is 0 Å². The van der Waals surface area contributed by atoms with Gasteiger partial charge in [0.25, 0.3) is 0 Å². The van der Waals surface area contributed by atoms with Gasteiger partial charge in [0.05, 0.1) is 12.1 Å². The molecule has 2 aliphatic rings. The Balaban J connectivity index is 1.83. The third-order valence-electron chi connectivity index (χ3n) is 3.53. The quantitative estimate of drug-likeness (QED) is 0.687. The van der Waals surface area contributed by atoms with Crippen molar-refractivity contribution >= 4 is 0 Å². The second kappa shape index (κ2) is 4.33. The van der Waals surface area contributed by atoms with Gasteiger partial charge in [-0.3, -0.25) is 5.32 Å². The van der Waals surface area contributed by atoms with Crippen LogP contribution in [-0.2, 0) is 4.74 Å². The monoisotopic (exact) mass is 193 g/mol. The zero-order chi connectivity index (χ0) is 9.97. The minimum absolute atomic E-state index is 0.130. The number of hydrogen-bond donors (Lipinski definition) is 1. The van der Waals surface area contributed by atoms with Gasteiger partial charge in [0.1, 0.15) is 0 Å². The van der Waals surface area contributed by atoms with Crippen LogP contribution in [0, 0.1) is 18.3 Å². The lowest BCUT2D eigenvalue weighted by molar-refractivity contribution is 0.0792. The van der Waals surface area contributed by atoms with E-state index in [1.807, 2.05) is 0 Å². The van der Waals surface area contributed by atoms with Gasteiger partial charge in [-0.05, 0) is 31.6 Å². The number of nitrogens with one attached hydrogen (secondary N) is 1. The van der Waals surface area contributed by atoms with Crippen molar-refractivity contribution in [1.82, 2.24) is 5.32 Å². The highest BCUT2D eigenvalue weighted by atomic mass is 16.5. The van der Waals surface area contributed by atoms with Crippen molar-refractivity contribution in [2.45, 2.75) is 50.8 Å². The van der Waals surface area contributed by atoms with Crippen LogP contribution in [0.1, 0.15) is 32.6 Å². The second-order valence-corrected chi connectivity index (χ2v) is 4.52. The van der Waals surface area contributed by atoms with Gasteiger partial charge in [-0.1, -0.05) is 12.8 Å². The highest BCUT2D eigenvalue weighted by molar-refractivity contribution is 5.06. The van der Waals surface area contributed by atoms with Crippen LogP contribution in [-0.4, -0.2) is 24.8 Å². The largest absolute Gasteiger partial charge is 0.376 e. The minimum atomic E-state index is 0.130. The Kier molecular flexibility index (Phi) is 3.10. The molecule has 0 aromatic rings. The van der Waals surface area contributed by atoms with E-state index in [0.717, 1.165) is 25.4 Å². The van der Waals surface area contributed by atoms with Crippen molar-refractivity contribution in [3.8, 4) is 12.3 Å². The van der Waals surface area contributed by atoms with Gasteiger partial charge in [-0.2, -0.15) is 0 Å². The Bertz CT molecular complexity index is 227. The fourth-order valence-corrected chi connectivity index (χ4v) is 2.27. The summed E-state index contributed by atoms with van der Waals surface area (Å²) in [6, 6.07) is 0.755. The van der Waals surface area contributed by atoms with E-state index in [-0.39, 0.29) is 12.1 Å². The van der Waals surface area contributed by atoms with Crippen molar-refractivity contribution in [3.05, 3.63) is 0 Å². The Morgan fingerprint density at radius 3 is 2.71 bits per heavy atom. The topological polar surface area (TPSA) is 21.3 Å². The number of terminal acetylenes is 1. The number of ether oxygens (including phenoxy) is 1. The van der Waals surface area contributed by atoms with E-state index < -0.39 is 0 Å². The first-order valence-electron chi connectivity index (χ1n) is 5.65. The Morgan fingerprint density at radius 1 is 1.43 bits per heavy atom. The predicted molar refractivity (Wildman–Crippen MR) is 56.9 cm³/mol. The first-order valence-corrected chi connectivity index (χ1v) is 5.65. The standard InChI is InChI=1S/C12H19NO/c1-3-10(12-5-4-8-14-12)13-11-7-6-9(11)2/h1,9-13H,4-8H2,2H3. The zero-order valence-electron chi connectivity index (χ0n) is 8.83. The molecule has 2 rings (SSSR count). The maximum atomic E-state index is 5.61. The molecule has 0 aromatic heterocycles. The molecule has 4 atom stereocenters. The highest BCUT2D eigenvalue weighted by Crippen LogP contribution is 2.28. The van der Waals surface area contributed by atoms with Crippen LogP contribution in [0.3, 0.4) is 0 Å². The summed E-state index contributed by atoms with van der Waals surface area (Å²) in [5.41, 5.74) is 0. The maximum Gasteiger partial charge on any atom is 0.0954 e. The molecule has 1 heterocycles. The number of rotatable bonds is 3. The van der Waals surface area contributed by atoms with Crippen LogP contribution in [0.2, 0.25) is 0 Å². The Morgan fingerprint density at radius 2 is 2.29 bits per heavy atom. The van der Waals surface area contributed by atoms with Crippen molar-refractivity contribution in [2.75, 3.05) is 6.61 Å². The SMILES string of the molecule is C#CC(NC1CCC1C)C1CCCO1. The van der Waals surface area contributed by atoms with E-state index in [4.69, 9.17) is 11.2 Å². The molecule has 4 unspecified atom stereocenters. The summed E-state index contributed by atoms with van der Waals surface area (Å²) >= 11 is 0. The van der Waals surface area contributed by atoms with Crippen molar-refractivity contribution in [1.29, 1.82) is 0 Å². The summed E-state index contributed by atoms with van der Waals surface area (Å²) < 4.78 is 5.61. The third-order valence-corrected chi connectivity index (χ3v) is 3.53. The lowest BCUT2D eigenvalue weighted by Crippen LogP contribution is -2.51. The van der Waals surface area contributed by atoms with Crippen LogP contribution in [0.5, 0.6) is 0 Å². The van der Waals surface area contributed by atoms with Crippen LogP contribution >= 0.6 is 0 Å². The van der Waals surface area contributed by atoms with Gasteiger partial charge < -0.3 is 4.74 Å². The molecule has 1 saturated carbocycles. The van der Waals surface area contributed by atoms with Crippen LogP contribution in [0.15, 0.2) is 0 Å². The van der Waals surface area contributed by atoms with E-state index in [2.05, 4.69) is 18.2 Å². The molecule has 78 valence electrons. The first-order chi connectivity index (χ1) is 6.81. The van der Waals surface area contributed by atoms with Crippen LogP contribution in [0.4, 0.5) is 0 Å². The predicted octanol–water partition coefficient (Wildman–Crippen LogP) is 1.56. The van der Waals surface area contributed by atoms with Gasteiger partial charge in [-0.25, -0.2) is 0 Å². The summed E-state index contributed by atoms with van der Waals surface area (Å²) in [4.78, 5) is 0. The van der Waals surface area contributed by atoms with Crippen LogP contribution < -0.4 is 5.32 Å². The Hall–Kier alpha value is -0.520. The molecule has 2 nitrogen and oxygen atoms in total. The van der Waals surface area contributed by atoms with E-state index in [1.54, 1.807) is 0 Å². The molecule has 1 saturated heterocycles. The van der Waals surface area contributed by atoms with Gasteiger partial charge in [0.2, 0.25) is 0 Å². The fourth-order valence-electron chi connectivity index (χ4n) is 2.27. The molecule has 1 aliphatic heterocycles. The molecule has 0 bridgehead atoms. The summed E-state index contributed by atoms with van der Waals surface area (Å²) in [5.74, 6) is 3.61. The average Bonchev–Trinajstić information content (AvgIpc) is 2.70. The van der Waals surface area contributed by atoms with Gasteiger partial charge in [0, 0.05) is 12.6 Å². The van der Waals surface area contributed by atoms with Gasteiger partial charge in [-0.15, -0.1) is 6.42 Å².